The van der Waals surface area contributed by atoms with E-state index in [1.165, 1.54) is 0 Å². The Balaban J connectivity index is 1.76. The minimum Gasteiger partial charge on any atom is -0.367 e. The van der Waals surface area contributed by atoms with Gasteiger partial charge in [0.1, 0.15) is 6.10 Å². The van der Waals surface area contributed by atoms with Crippen molar-refractivity contribution in [1.29, 1.82) is 0 Å². The summed E-state index contributed by atoms with van der Waals surface area (Å²) in [4.78, 5) is 14.6. The van der Waals surface area contributed by atoms with E-state index >= 15 is 0 Å². The zero-order valence-corrected chi connectivity index (χ0v) is 13.4. The Labute approximate surface area is 134 Å². The van der Waals surface area contributed by atoms with Gasteiger partial charge in [-0.2, -0.15) is 11.3 Å². The second-order valence-corrected chi connectivity index (χ2v) is 6.38. The van der Waals surface area contributed by atoms with Crippen LogP contribution in [-0.4, -0.2) is 30.0 Å². The maximum Gasteiger partial charge on any atom is 0.254 e. The Kier molecular flexibility index (Phi) is 4.57. The number of ether oxygens (including phenoxy) is 1. The predicted molar refractivity (Wildman–Crippen MR) is 87.8 cm³/mol. The van der Waals surface area contributed by atoms with Gasteiger partial charge in [-0.3, -0.25) is 4.79 Å². The topological polar surface area (TPSA) is 55.6 Å². The first-order valence-electron chi connectivity index (χ1n) is 7.43. The molecule has 1 amide bonds. The second kappa shape index (κ2) is 6.60. The Morgan fingerprint density at radius 1 is 1.32 bits per heavy atom. The maximum absolute atomic E-state index is 12.7. The number of thiophene rings is 1. The van der Waals surface area contributed by atoms with Crippen molar-refractivity contribution in [2.24, 2.45) is 5.73 Å². The number of hydrogen-bond acceptors (Lipinski definition) is 4. The minimum atomic E-state index is -0.0396. The summed E-state index contributed by atoms with van der Waals surface area (Å²) in [6, 6.07) is 9.58. The minimum absolute atomic E-state index is 0.0333. The molecule has 1 aromatic carbocycles. The van der Waals surface area contributed by atoms with Crippen LogP contribution >= 0.6 is 11.3 Å². The average molecular weight is 316 g/mol. The molecule has 2 heterocycles. The van der Waals surface area contributed by atoms with Crippen LogP contribution < -0.4 is 5.73 Å². The van der Waals surface area contributed by atoms with Gasteiger partial charge in [-0.15, -0.1) is 0 Å². The zero-order chi connectivity index (χ0) is 15.5. The van der Waals surface area contributed by atoms with E-state index in [0.29, 0.717) is 25.2 Å². The first-order valence-corrected chi connectivity index (χ1v) is 8.37. The third kappa shape index (κ3) is 3.21. The molecule has 22 heavy (non-hydrogen) atoms. The molecule has 3 rings (SSSR count). The summed E-state index contributed by atoms with van der Waals surface area (Å²) in [5, 5.41) is 4.12. The number of morpholine rings is 1. The molecule has 1 aliphatic rings. The Hall–Kier alpha value is -1.69. The van der Waals surface area contributed by atoms with Crippen molar-refractivity contribution in [2.45, 2.75) is 25.7 Å². The van der Waals surface area contributed by atoms with Gasteiger partial charge in [-0.1, -0.05) is 12.1 Å². The number of hydrogen-bond donors (Lipinski definition) is 1. The van der Waals surface area contributed by atoms with Gasteiger partial charge in [-0.25, -0.2) is 0 Å². The summed E-state index contributed by atoms with van der Waals surface area (Å²) in [6.07, 6.45) is -0.00631. The van der Waals surface area contributed by atoms with E-state index in [9.17, 15) is 4.79 Å². The van der Waals surface area contributed by atoms with E-state index in [2.05, 4.69) is 11.4 Å². The smallest absolute Gasteiger partial charge is 0.254 e. The number of carbonyl (C=O) groups excluding carboxylic acids is 1. The van der Waals surface area contributed by atoms with E-state index in [0.717, 1.165) is 11.1 Å². The highest BCUT2D eigenvalue weighted by Crippen LogP contribution is 2.27. The first kappa shape index (κ1) is 15.2. The third-order valence-electron chi connectivity index (χ3n) is 3.90. The third-order valence-corrected chi connectivity index (χ3v) is 4.60. The fraction of sp³-hybridized carbons (Fsp3) is 0.353. The van der Waals surface area contributed by atoms with E-state index in [-0.39, 0.29) is 18.1 Å². The molecule has 0 saturated carbocycles. The standard InChI is InChI=1S/C17H20N2O2S/c1-12-9-19(10-16(21-12)15-6-7-22-11-15)17(20)14-4-2-13(8-18)3-5-14/h2-7,11-12,16H,8-10,18H2,1H3. The predicted octanol–water partition coefficient (Wildman–Crippen LogP) is 2.81. The van der Waals surface area contributed by atoms with Gasteiger partial charge in [0.25, 0.3) is 5.91 Å². The van der Waals surface area contributed by atoms with Gasteiger partial charge in [0.05, 0.1) is 12.6 Å². The molecule has 0 bridgehead atoms. The molecule has 0 aliphatic carbocycles. The molecule has 2 atom stereocenters. The lowest BCUT2D eigenvalue weighted by Gasteiger charge is -2.36. The van der Waals surface area contributed by atoms with Crippen LogP contribution in [0.25, 0.3) is 0 Å². The number of nitrogens with two attached hydrogens (primary N) is 1. The fourth-order valence-electron chi connectivity index (χ4n) is 2.73. The molecule has 4 nitrogen and oxygen atoms in total. The van der Waals surface area contributed by atoms with E-state index in [1.54, 1.807) is 11.3 Å². The van der Waals surface area contributed by atoms with E-state index in [1.807, 2.05) is 41.5 Å². The number of amides is 1. The van der Waals surface area contributed by atoms with Crippen molar-refractivity contribution in [3.63, 3.8) is 0 Å². The van der Waals surface area contributed by atoms with Crippen molar-refractivity contribution in [3.8, 4) is 0 Å². The quantitative estimate of drug-likeness (QED) is 0.947. The summed E-state index contributed by atoms with van der Waals surface area (Å²) in [5.74, 6) is 0.0546. The summed E-state index contributed by atoms with van der Waals surface area (Å²) >= 11 is 1.65. The van der Waals surface area contributed by atoms with Crippen LogP contribution in [0.4, 0.5) is 0 Å². The Morgan fingerprint density at radius 3 is 2.73 bits per heavy atom. The van der Waals surface area contributed by atoms with Crippen LogP contribution in [0.2, 0.25) is 0 Å². The lowest BCUT2D eigenvalue weighted by molar-refractivity contribution is -0.0690. The van der Waals surface area contributed by atoms with Gasteiger partial charge in [0.2, 0.25) is 0 Å². The molecule has 2 N–H and O–H groups in total. The van der Waals surface area contributed by atoms with Crippen LogP contribution in [0.1, 0.15) is 34.5 Å². The van der Waals surface area contributed by atoms with Crippen LogP contribution in [0.15, 0.2) is 41.1 Å². The SMILES string of the molecule is CC1CN(C(=O)c2ccc(CN)cc2)CC(c2ccsc2)O1. The average Bonchev–Trinajstić information content (AvgIpc) is 3.08. The maximum atomic E-state index is 12.7. The lowest BCUT2D eigenvalue weighted by Crippen LogP contribution is -2.45. The van der Waals surface area contributed by atoms with Crippen molar-refractivity contribution >= 4 is 17.2 Å². The second-order valence-electron chi connectivity index (χ2n) is 5.60. The Morgan fingerprint density at radius 2 is 2.09 bits per heavy atom. The number of carbonyl (C=O) groups is 1. The Bertz CT molecular complexity index is 625. The molecule has 2 unspecified atom stereocenters. The number of nitrogens with zero attached hydrogens (tertiary/aromatic N) is 1. The van der Waals surface area contributed by atoms with E-state index in [4.69, 9.17) is 10.5 Å². The largest absolute Gasteiger partial charge is 0.367 e. The molecule has 116 valence electrons. The number of benzene rings is 1. The van der Waals surface area contributed by atoms with Crippen molar-refractivity contribution in [1.82, 2.24) is 4.90 Å². The molecule has 2 aromatic rings. The van der Waals surface area contributed by atoms with Gasteiger partial charge in [0, 0.05) is 18.7 Å². The van der Waals surface area contributed by atoms with Gasteiger partial charge in [0.15, 0.2) is 0 Å². The van der Waals surface area contributed by atoms with Crippen LogP contribution in [0.5, 0.6) is 0 Å². The summed E-state index contributed by atoms with van der Waals surface area (Å²) in [5.41, 5.74) is 8.48. The molecule has 5 heteroatoms. The van der Waals surface area contributed by atoms with Crippen LogP contribution in [-0.2, 0) is 11.3 Å². The monoisotopic (exact) mass is 316 g/mol. The van der Waals surface area contributed by atoms with Crippen molar-refractivity contribution in [3.05, 3.63) is 57.8 Å². The molecule has 0 radical (unpaired) electrons. The molecular formula is C17H20N2O2S. The van der Waals surface area contributed by atoms with Gasteiger partial charge < -0.3 is 15.4 Å². The number of rotatable bonds is 3. The summed E-state index contributed by atoms with van der Waals surface area (Å²) in [6.45, 7) is 3.72. The highest BCUT2D eigenvalue weighted by molar-refractivity contribution is 7.07. The summed E-state index contributed by atoms with van der Waals surface area (Å²) < 4.78 is 5.98. The molecular weight excluding hydrogens is 296 g/mol. The highest BCUT2D eigenvalue weighted by Gasteiger charge is 2.30. The zero-order valence-electron chi connectivity index (χ0n) is 12.6. The van der Waals surface area contributed by atoms with Crippen molar-refractivity contribution in [2.75, 3.05) is 13.1 Å². The summed E-state index contributed by atoms with van der Waals surface area (Å²) in [7, 11) is 0. The lowest BCUT2D eigenvalue weighted by atomic mass is 10.1. The van der Waals surface area contributed by atoms with Crippen LogP contribution in [0.3, 0.4) is 0 Å². The van der Waals surface area contributed by atoms with Gasteiger partial charge >= 0.3 is 0 Å². The van der Waals surface area contributed by atoms with Crippen molar-refractivity contribution < 1.29 is 9.53 Å². The fourth-order valence-corrected chi connectivity index (χ4v) is 3.43. The van der Waals surface area contributed by atoms with Crippen LogP contribution in [0, 0.1) is 0 Å². The highest BCUT2D eigenvalue weighted by atomic mass is 32.1. The van der Waals surface area contributed by atoms with Gasteiger partial charge in [-0.05, 0) is 47.0 Å². The molecule has 0 spiro atoms. The molecule has 1 aliphatic heterocycles. The molecule has 1 aromatic heterocycles. The molecule has 1 fully saturated rings. The first-order chi connectivity index (χ1) is 10.7. The molecule has 1 saturated heterocycles. The normalized spacial score (nSPS) is 21.8. The van der Waals surface area contributed by atoms with E-state index < -0.39 is 0 Å².